The van der Waals surface area contributed by atoms with Crippen LogP contribution in [0, 0.1) is 12.8 Å². The summed E-state index contributed by atoms with van der Waals surface area (Å²) < 4.78 is 1.85. The first kappa shape index (κ1) is 15.5. The minimum Gasteiger partial charge on any atom is -0.352 e. The zero-order valence-electron chi connectivity index (χ0n) is 11.9. The van der Waals surface area contributed by atoms with Crippen LogP contribution in [0.1, 0.15) is 16.1 Å². The fourth-order valence-electron chi connectivity index (χ4n) is 2.23. The number of hydrogen-bond acceptors (Lipinski definition) is 3. The van der Waals surface area contributed by atoms with Gasteiger partial charge in [-0.25, -0.2) is 4.68 Å². The van der Waals surface area contributed by atoms with E-state index in [4.69, 9.17) is 0 Å². The number of carbonyl (C=O) groups excluding carboxylic acids is 1. The van der Waals surface area contributed by atoms with Crippen LogP contribution in [0.5, 0.6) is 0 Å². The Bertz CT molecular complexity index is 604. The van der Waals surface area contributed by atoms with E-state index in [1.807, 2.05) is 41.9 Å². The van der Waals surface area contributed by atoms with Gasteiger partial charge in [-0.1, -0.05) is 0 Å². The van der Waals surface area contributed by atoms with Crippen molar-refractivity contribution in [2.45, 2.75) is 6.92 Å². The molecule has 1 aromatic heterocycles. The molecule has 0 aliphatic carbocycles. The number of nitrogens with one attached hydrogen (secondary N) is 2. The molecule has 2 N–H and O–H groups in total. The van der Waals surface area contributed by atoms with Crippen molar-refractivity contribution in [3.63, 3.8) is 0 Å². The van der Waals surface area contributed by atoms with E-state index in [1.54, 1.807) is 6.20 Å². The van der Waals surface area contributed by atoms with Crippen LogP contribution < -0.4 is 10.6 Å². The van der Waals surface area contributed by atoms with Gasteiger partial charge in [-0.2, -0.15) is 5.10 Å². The molecule has 0 spiro atoms. The van der Waals surface area contributed by atoms with Crippen molar-refractivity contribution >= 4 is 18.3 Å². The molecule has 3 rings (SSSR count). The van der Waals surface area contributed by atoms with Gasteiger partial charge >= 0.3 is 0 Å². The number of amides is 1. The predicted molar refractivity (Wildman–Crippen MR) is 84.2 cm³/mol. The Morgan fingerprint density at radius 2 is 2.05 bits per heavy atom. The summed E-state index contributed by atoms with van der Waals surface area (Å²) in [7, 11) is 0. The SMILES string of the molecule is Cc1ccnn1-c1ccc(C(=O)NCC2CNC2)cc1.Cl. The van der Waals surface area contributed by atoms with Crippen LogP contribution in [0.4, 0.5) is 0 Å². The minimum atomic E-state index is -0.0133. The maximum absolute atomic E-state index is 12.0. The first-order valence-electron chi connectivity index (χ1n) is 6.84. The van der Waals surface area contributed by atoms with E-state index < -0.39 is 0 Å². The first-order chi connectivity index (χ1) is 9.74. The maximum atomic E-state index is 12.0. The zero-order valence-corrected chi connectivity index (χ0v) is 12.7. The average molecular weight is 307 g/mol. The van der Waals surface area contributed by atoms with Gasteiger partial charge in [-0.05, 0) is 37.3 Å². The van der Waals surface area contributed by atoms with Crippen molar-refractivity contribution in [3.05, 3.63) is 47.8 Å². The Morgan fingerprint density at radius 1 is 1.33 bits per heavy atom. The molecule has 1 aliphatic rings. The van der Waals surface area contributed by atoms with Crippen LogP contribution in [0.3, 0.4) is 0 Å². The van der Waals surface area contributed by atoms with E-state index in [1.165, 1.54) is 0 Å². The van der Waals surface area contributed by atoms with E-state index in [9.17, 15) is 4.79 Å². The molecule has 5 nitrogen and oxygen atoms in total. The van der Waals surface area contributed by atoms with Crippen LogP contribution in [0.15, 0.2) is 36.5 Å². The largest absolute Gasteiger partial charge is 0.352 e. The lowest BCUT2D eigenvalue weighted by atomic mass is 10.0. The van der Waals surface area contributed by atoms with Crippen molar-refractivity contribution < 1.29 is 4.79 Å². The second kappa shape index (κ2) is 6.74. The van der Waals surface area contributed by atoms with Crippen molar-refractivity contribution in [1.29, 1.82) is 0 Å². The van der Waals surface area contributed by atoms with Crippen LogP contribution >= 0.6 is 12.4 Å². The van der Waals surface area contributed by atoms with E-state index in [-0.39, 0.29) is 18.3 Å². The minimum absolute atomic E-state index is 0. The summed E-state index contributed by atoms with van der Waals surface area (Å²) >= 11 is 0. The highest BCUT2D eigenvalue weighted by molar-refractivity contribution is 5.94. The number of aromatic nitrogens is 2. The molecule has 112 valence electrons. The van der Waals surface area contributed by atoms with Crippen molar-refractivity contribution in [1.82, 2.24) is 20.4 Å². The van der Waals surface area contributed by atoms with E-state index in [0.29, 0.717) is 11.5 Å². The van der Waals surface area contributed by atoms with Crippen molar-refractivity contribution in [2.24, 2.45) is 5.92 Å². The van der Waals surface area contributed by atoms with Gasteiger partial charge in [-0.3, -0.25) is 4.79 Å². The summed E-state index contributed by atoms with van der Waals surface area (Å²) in [6.07, 6.45) is 1.77. The molecule has 0 bridgehead atoms. The molecular formula is C15H19ClN4O. The normalized spacial score (nSPS) is 14.1. The van der Waals surface area contributed by atoms with E-state index >= 15 is 0 Å². The number of rotatable bonds is 4. The van der Waals surface area contributed by atoms with E-state index in [0.717, 1.165) is 31.0 Å². The van der Waals surface area contributed by atoms with Crippen LogP contribution in [-0.2, 0) is 0 Å². The van der Waals surface area contributed by atoms with Crippen molar-refractivity contribution in [2.75, 3.05) is 19.6 Å². The Hall–Kier alpha value is -1.85. The predicted octanol–water partition coefficient (Wildman–Crippen LogP) is 1.55. The number of benzene rings is 1. The number of aryl methyl sites for hydroxylation is 1. The fourth-order valence-corrected chi connectivity index (χ4v) is 2.23. The molecule has 0 saturated carbocycles. The molecular weight excluding hydrogens is 288 g/mol. The number of hydrogen-bond donors (Lipinski definition) is 2. The summed E-state index contributed by atoms with van der Waals surface area (Å²) in [6, 6.07) is 9.46. The van der Waals surface area contributed by atoms with Gasteiger partial charge in [0.1, 0.15) is 0 Å². The molecule has 1 aromatic carbocycles. The Balaban J connectivity index is 0.00000161. The second-order valence-corrected chi connectivity index (χ2v) is 5.17. The Kier molecular flexibility index (Phi) is 4.98. The van der Waals surface area contributed by atoms with Crippen LogP contribution in [0.25, 0.3) is 5.69 Å². The molecule has 1 amide bonds. The summed E-state index contributed by atoms with van der Waals surface area (Å²) in [5, 5.41) is 10.4. The van der Waals surface area contributed by atoms with Gasteiger partial charge < -0.3 is 10.6 Å². The Labute approximate surface area is 130 Å². The number of nitrogens with zero attached hydrogens (tertiary/aromatic N) is 2. The average Bonchev–Trinajstić information content (AvgIpc) is 2.83. The topological polar surface area (TPSA) is 59.0 Å². The van der Waals surface area contributed by atoms with E-state index in [2.05, 4.69) is 15.7 Å². The molecule has 0 unspecified atom stereocenters. The van der Waals surface area contributed by atoms with Crippen molar-refractivity contribution in [3.8, 4) is 5.69 Å². The van der Waals surface area contributed by atoms with Crippen LogP contribution in [-0.4, -0.2) is 35.3 Å². The van der Waals surface area contributed by atoms with Gasteiger partial charge in [0, 0.05) is 43.0 Å². The molecule has 1 fully saturated rings. The lowest BCUT2D eigenvalue weighted by molar-refractivity contribution is 0.0942. The molecule has 1 aliphatic heterocycles. The highest BCUT2D eigenvalue weighted by atomic mass is 35.5. The van der Waals surface area contributed by atoms with Gasteiger partial charge in [0.2, 0.25) is 0 Å². The van der Waals surface area contributed by atoms with Gasteiger partial charge in [0.15, 0.2) is 0 Å². The quantitative estimate of drug-likeness (QED) is 0.901. The number of carbonyl (C=O) groups is 1. The molecule has 21 heavy (non-hydrogen) atoms. The lowest BCUT2D eigenvalue weighted by Gasteiger charge is -2.27. The highest BCUT2D eigenvalue weighted by Gasteiger charge is 2.17. The molecule has 2 aromatic rings. The zero-order chi connectivity index (χ0) is 13.9. The third-order valence-corrected chi connectivity index (χ3v) is 3.62. The van der Waals surface area contributed by atoms with Gasteiger partial charge in [0.05, 0.1) is 5.69 Å². The monoisotopic (exact) mass is 306 g/mol. The first-order valence-corrected chi connectivity index (χ1v) is 6.84. The smallest absolute Gasteiger partial charge is 0.251 e. The molecule has 6 heteroatoms. The highest BCUT2D eigenvalue weighted by Crippen LogP contribution is 2.11. The Morgan fingerprint density at radius 3 is 2.57 bits per heavy atom. The standard InChI is InChI=1S/C15H18N4O.ClH/c1-11-6-7-18-19(11)14-4-2-13(3-5-14)15(20)17-10-12-8-16-9-12;/h2-7,12,16H,8-10H2,1H3,(H,17,20);1H. The summed E-state index contributed by atoms with van der Waals surface area (Å²) in [6.45, 7) is 4.74. The fraction of sp³-hybridized carbons (Fsp3) is 0.333. The third kappa shape index (κ3) is 3.43. The number of halogens is 1. The molecule has 2 heterocycles. The molecule has 1 saturated heterocycles. The molecule has 0 atom stereocenters. The molecule has 0 radical (unpaired) electrons. The third-order valence-electron chi connectivity index (χ3n) is 3.62. The van der Waals surface area contributed by atoms with Gasteiger partial charge in [-0.15, -0.1) is 12.4 Å². The second-order valence-electron chi connectivity index (χ2n) is 5.17. The lowest BCUT2D eigenvalue weighted by Crippen LogP contribution is -2.48. The van der Waals surface area contributed by atoms with Gasteiger partial charge in [0.25, 0.3) is 5.91 Å². The van der Waals surface area contributed by atoms with Crippen LogP contribution in [0.2, 0.25) is 0 Å². The maximum Gasteiger partial charge on any atom is 0.251 e. The summed E-state index contributed by atoms with van der Waals surface area (Å²) in [5.74, 6) is 0.561. The summed E-state index contributed by atoms with van der Waals surface area (Å²) in [5.41, 5.74) is 2.72. The summed E-state index contributed by atoms with van der Waals surface area (Å²) in [4.78, 5) is 12.0.